The molecule has 146 valence electrons. The maximum absolute atomic E-state index is 9.69. The van der Waals surface area contributed by atoms with E-state index >= 15 is 0 Å². The second-order valence-corrected chi connectivity index (χ2v) is 7.54. The van der Waals surface area contributed by atoms with Crippen LogP contribution in [-0.2, 0) is 7.05 Å². The molecule has 5 nitrogen and oxygen atoms in total. The molecule has 2 aromatic carbocycles. The van der Waals surface area contributed by atoms with Gasteiger partial charge in [0.15, 0.2) is 6.20 Å². The number of benzene rings is 2. The summed E-state index contributed by atoms with van der Waals surface area (Å²) in [5.41, 5.74) is 7.49. The molecule has 30 heavy (non-hydrogen) atoms. The van der Waals surface area contributed by atoms with Gasteiger partial charge in [-0.05, 0) is 73.9 Å². The van der Waals surface area contributed by atoms with Crippen LogP contribution in [0.25, 0.3) is 22.8 Å². The van der Waals surface area contributed by atoms with Crippen molar-refractivity contribution in [2.24, 2.45) is 7.05 Å². The maximum atomic E-state index is 9.69. The van der Waals surface area contributed by atoms with Crippen molar-refractivity contribution in [1.82, 2.24) is 9.13 Å². The van der Waals surface area contributed by atoms with Gasteiger partial charge >= 0.3 is 0 Å². The van der Waals surface area contributed by atoms with Crippen LogP contribution in [0, 0.1) is 43.4 Å². The Balaban J connectivity index is 2.00. The minimum absolute atomic E-state index is 0.556. The lowest BCUT2D eigenvalue weighted by Gasteiger charge is -2.13. The molecule has 4 rings (SSSR count). The SMILES string of the molecule is Cc1ccc(C#N)cc1-c1n(-c2c(C)cc(-n3cccc3)cc2C)cc(C#N)[n+]1C. The van der Waals surface area contributed by atoms with Crippen LogP contribution >= 0.6 is 0 Å². The van der Waals surface area contributed by atoms with Crippen molar-refractivity contribution in [3.63, 3.8) is 0 Å². The molecular weight excluding hydrogens is 370 g/mol. The van der Waals surface area contributed by atoms with Crippen LogP contribution in [0.4, 0.5) is 0 Å². The van der Waals surface area contributed by atoms with E-state index in [0.29, 0.717) is 11.3 Å². The van der Waals surface area contributed by atoms with Crippen molar-refractivity contribution in [3.8, 4) is 34.9 Å². The summed E-state index contributed by atoms with van der Waals surface area (Å²) in [6.45, 7) is 6.20. The largest absolute Gasteiger partial charge is 0.324 e. The van der Waals surface area contributed by atoms with Gasteiger partial charge < -0.3 is 4.57 Å². The molecule has 0 spiro atoms. The Hall–Kier alpha value is -4.09. The number of nitrogens with zero attached hydrogens (tertiary/aromatic N) is 5. The first-order valence-corrected chi connectivity index (χ1v) is 9.72. The highest BCUT2D eigenvalue weighted by molar-refractivity contribution is 5.65. The summed E-state index contributed by atoms with van der Waals surface area (Å²) in [6, 6.07) is 18.5. The van der Waals surface area contributed by atoms with E-state index in [4.69, 9.17) is 0 Å². The molecule has 0 N–H and O–H groups in total. The van der Waals surface area contributed by atoms with Gasteiger partial charge in [-0.1, -0.05) is 6.07 Å². The summed E-state index contributed by atoms with van der Waals surface area (Å²) < 4.78 is 6.05. The maximum Gasteiger partial charge on any atom is 0.295 e. The summed E-state index contributed by atoms with van der Waals surface area (Å²) in [5.74, 6) is 0.876. The zero-order valence-electron chi connectivity index (χ0n) is 17.5. The van der Waals surface area contributed by atoms with Crippen molar-refractivity contribution in [1.29, 1.82) is 10.5 Å². The molecule has 2 heterocycles. The lowest BCUT2D eigenvalue weighted by atomic mass is 10.0. The predicted molar refractivity (Wildman–Crippen MR) is 115 cm³/mol. The van der Waals surface area contributed by atoms with E-state index < -0.39 is 0 Å². The number of aryl methyl sites for hydroxylation is 3. The third-order valence-electron chi connectivity index (χ3n) is 5.50. The van der Waals surface area contributed by atoms with E-state index in [-0.39, 0.29) is 0 Å². The smallest absolute Gasteiger partial charge is 0.295 e. The standard InChI is InChI=1S/C25H22N5/c1-17-7-8-20(14-26)13-23(17)25-28(4)22(15-27)16-30(25)24-18(2)11-21(12-19(24)3)29-9-5-6-10-29/h5-13,16H,1-4H3/q+1. The first kappa shape index (κ1) is 19.2. The zero-order chi connectivity index (χ0) is 21.4. The van der Waals surface area contributed by atoms with Crippen LogP contribution in [0.5, 0.6) is 0 Å². The fraction of sp³-hybridized carbons (Fsp3) is 0.160. The number of hydrogen-bond acceptors (Lipinski definition) is 2. The summed E-state index contributed by atoms with van der Waals surface area (Å²) in [5, 5.41) is 19.1. The minimum Gasteiger partial charge on any atom is -0.324 e. The van der Waals surface area contributed by atoms with E-state index in [9.17, 15) is 10.5 Å². The lowest BCUT2D eigenvalue weighted by molar-refractivity contribution is -0.661. The van der Waals surface area contributed by atoms with Crippen molar-refractivity contribution in [2.75, 3.05) is 0 Å². The summed E-state index contributed by atoms with van der Waals surface area (Å²) in [7, 11) is 1.89. The normalized spacial score (nSPS) is 10.6. The van der Waals surface area contributed by atoms with E-state index in [2.05, 4.69) is 47.3 Å². The summed E-state index contributed by atoms with van der Waals surface area (Å²) >= 11 is 0. The molecule has 0 amide bonds. The van der Waals surface area contributed by atoms with Crippen molar-refractivity contribution in [3.05, 3.63) is 89.0 Å². The van der Waals surface area contributed by atoms with E-state index in [1.54, 1.807) is 0 Å². The Morgan fingerprint density at radius 1 is 0.867 bits per heavy atom. The number of rotatable bonds is 3. The Kier molecular flexibility index (Phi) is 4.74. The zero-order valence-corrected chi connectivity index (χ0v) is 17.5. The topological polar surface area (TPSA) is 61.3 Å². The molecular formula is C25H22N5+. The van der Waals surface area contributed by atoms with E-state index in [0.717, 1.165) is 39.5 Å². The molecule has 0 atom stereocenters. The van der Waals surface area contributed by atoms with Gasteiger partial charge in [-0.25, -0.2) is 4.57 Å². The molecule has 0 aliphatic rings. The average molecular weight is 392 g/mol. The van der Waals surface area contributed by atoms with Gasteiger partial charge in [0.2, 0.25) is 5.69 Å². The lowest BCUT2D eigenvalue weighted by Crippen LogP contribution is -2.33. The Morgan fingerprint density at radius 2 is 1.53 bits per heavy atom. The van der Waals surface area contributed by atoms with Gasteiger partial charge in [0.05, 0.1) is 24.2 Å². The molecule has 0 unspecified atom stereocenters. The molecule has 0 aliphatic carbocycles. The highest BCUT2D eigenvalue weighted by Gasteiger charge is 2.27. The predicted octanol–water partition coefficient (Wildman–Crippen LogP) is 4.43. The molecule has 5 heteroatoms. The Bertz CT molecular complexity index is 1320. The van der Waals surface area contributed by atoms with Crippen LogP contribution in [0.1, 0.15) is 27.9 Å². The first-order chi connectivity index (χ1) is 14.4. The van der Waals surface area contributed by atoms with Gasteiger partial charge in [-0.2, -0.15) is 15.1 Å². The van der Waals surface area contributed by atoms with E-state index in [1.165, 1.54) is 0 Å². The van der Waals surface area contributed by atoms with Crippen LogP contribution < -0.4 is 4.57 Å². The van der Waals surface area contributed by atoms with Gasteiger partial charge in [0.1, 0.15) is 11.8 Å². The second-order valence-electron chi connectivity index (χ2n) is 7.54. The fourth-order valence-corrected chi connectivity index (χ4v) is 4.03. The molecule has 2 aromatic heterocycles. The molecule has 0 saturated heterocycles. The summed E-state index contributed by atoms with van der Waals surface area (Å²) in [4.78, 5) is 0. The monoisotopic (exact) mass is 392 g/mol. The van der Waals surface area contributed by atoms with Crippen molar-refractivity contribution < 1.29 is 4.57 Å². The highest BCUT2D eigenvalue weighted by Crippen LogP contribution is 2.30. The minimum atomic E-state index is 0.556. The molecule has 0 radical (unpaired) electrons. The van der Waals surface area contributed by atoms with Gasteiger partial charge in [-0.3, -0.25) is 0 Å². The fourth-order valence-electron chi connectivity index (χ4n) is 4.03. The van der Waals surface area contributed by atoms with E-state index in [1.807, 2.05) is 67.5 Å². The van der Waals surface area contributed by atoms with Gasteiger partial charge in [-0.15, -0.1) is 0 Å². The van der Waals surface area contributed by atoms with Crippen LogP contribution in [0.15, 0.2) is 61.1 Å². The van der Waals surface area contributed by atoms with Crippen LogP contribution in [0.2, 0.25) is 0 Å². The molecule has 0 fully saturated rings. The van der Waals surface area contributed by atoms with Crippen molar-refractivity contribution >= 4 is 0 Å². The Labute approximate surface area is 176 Å². The first-order valence-electron chi connectivity index (χ1n) is 9.72. The van der Waals surface area contributed by atoms with Crippen LogP contribution in [-0.4, -0.2) is 9.13 Å². The quantitative estimate of drug-likeness (QED) is 0.484. The Morgan fingerprint density at radius 3 is 2.13 bits per heavy atom. The molecule has 4 aromatic rings. The van der Waals surface area contributed by atoms with Crippen molar-refractivity contribution in [2.45, 2.75) is 20.8 Å². The summed E-state index contributed by atoms with van der Waals surface area (Å²) in [6.07, 6.45) is 5.93. The molecule has 0 bridgehead atoms. The molecule has 0 saturated carbocycles. The average Bonchev–Trinajstić information content (AvgIpc) is 3.36. The highest BCUT2D eigenvalue weighted by atomic mass is 15.2. The number of imidazole rings is 1. The van der Waals surface area contributed by atoms with Gasteiger partial charge in [0.25, 0.3) is 5.82 Å². The van der Waals surface area contributed by atoms with Gasteiger partial charge in [0, 0.05) is 18.1 Å². The third-order valence-corrected chi connectivity index (χ3v) is 5.50. The number of hydrogen-bond donors (Lipinski definition) is 0. The van der Waals surface area contributed by atoms with Crippen LogP contribution in [0.3, 0.4) is 0 Å². The second kappa shape index (κ2) is 7.39. The molecule has 0 aliphatic heterocycles. The third kappa shape index (κ3) is 3.07. The number of nitriles is 2. The number of aromatic nitrogens is 3.